The highest BCUT2D eigenvalue weighted by atomic mass is 79.9. The number of carbonyl (C=O) groups excluding carboxylic acids is 1. The summed E-state index contributed by atoms with van der Waals surface area (Å²) >= 11 is 10.0. The molecule has 1 spiro atoms. The zero-order chi connectivity index (χ0) is 19.8. The maximum Gasteiger partial charge on any atom is 0.410 e. The molecule has 1 amide bonds. The maximum atomic E-state index is 12.2. The molecule has 0 aromatic heterocycles. The van der Waals surface area contributed by atoms with Crippen LogP contribution in [0.25, 0.3) is 0 Å². The van der Waals surface area contributed by atoms with E-state index in [0.717, 1.165) is 65.9 Å². The van der Waals surface area contributed by atoms with E-state index in [1.165, 1.54) is 0 Å². The van der Waals surface area contributed by atoms with Gasteiger partial charge in [0.25, 0.3) is 0 Å². The summed E-state index contributed by atoms with van der Waals surface area (Å²) in [5.41, 5.74) is 2.17. The topological polar surface area (TPSA) is 41.6 Å². The molecule has 6 heteroatoms. The van der Waals surface area contributed by atoms with Crippen LogP contribution in [-0.2, 0) is 11.3 Å². The predicted octanol–water partition coefficient (Wildman–Crippen LogP) is 5.68. The second-order valence-electron chi connectivity index (χ2n) is 9.20. The van der Waals surface area contributed by atoms with Crippen molar-refractivity contribution in [2.24, 2.45) is 5.41 Å². The molecule has 4 nitrogen and oxygen atoms in total. The van der Waals surface area contributed by atoms with Crippen LogP contribution in [0.4, 0.5) is 4.79 Å². The fraction of sp³-hybridized carbons (Fsp3) is 0.667. The van der Waals surface area contributed by atoms with Gasteiger partial charge in [-0.25, -0.2) is 4.79 Å². The lowest BCUT2D eigenvalue weighted by atomic mass is 9.67. The van der Waals surface area contributed by atoms with Crippen LogP contribution in [0, 0.1) is 12.3 Å². The molecule has 0 unspecified atom stereocenters. The van der Waals surface area contributed by atoms with Crippen molar-refractivity contribution in [3.05, 3.63) is 32.8 Å². The molecule has 1 aromatic rings. The molecule has 1 saturated heterocycles. The maximum absolute atomic E-state index is 12.2. The Morgan fingerprint density at radius 2 is 1.96 bits per heavy atom. The van der Waals surface area contributed by atoms with Crippen LogP contribution in [0.15, 0.2) is 16.6 Å². The molecule has 2 fully saturated rings. The van der Waals surface area contributed by atoms with Gasteiger partial charge in [0.05, 0.1) is 0 Å². The second kappa shape index (κ2) is 7.92. The lowest BCUT2D eigenvalue weighted by molar-refractivity contribution is -0.0516. The fourth-order valence-electron chi connectivity index (χ4n) is 4.11. The van der Waals surface area contributed by atoms with Crippen LogP contribution in [0.1, 0.15) is 57.6 Å². The van der Waals surface area contributed by atoms with Crippen molar-refractivity contribution in [2.45, 2.75) is 71.6 Å². The van der Waals surface area contributed by atoms with Gasteiger partial charge in [0, 0.05) is 40.6 Å². The first-order valence-corrected chi connectivity index (χ1v) is 10.9. The van der Waals surface area contributed by atoms with Crippen LogP contribution in [0.5, 0.6) is 0 Å². The molecule has 1 N–H and O–H groups in total. The molecular formula is C21H30BrClN2O2. The minimum Gasteiger partial charge on any atom is -0.444 e. The molecule has 1 aromatic carbocycles. The predicted molar refractivity (Wildman–Crippen MR) is 113 cm³/mol. The Kier molecular flexibility index (Phi) is 6.14. The lowest BCUT2D eigenvalue weighted by Crippen LogP contribution is -2.61. The van der Waals surface area contributed by atoms with E-state index in [1.807, 2.05) is 38.7 Å². The zero-order valence-corrected chi connectivity index (χ0v) is 19.0. The second-order valence-corrected chi connectivity index (χ2v) is 10.5. The van der Waals surface area contributed by atoms with Gasteiger partial charge in [0.1, 0.15) is 5.60 Å². The number of carbonyl (C=O) groups is 1. The molecule has 0 radical (unpaired) electrons. The van der Waals surface area contributed by atoms with Crippen molar-refractivity contribution >= 4 is 33.6 Å². The minimum atomic E-state index is -0.424. The number of nitrogens with one attached hydrogen (secondary N) is 1. The molecule has 0 atom stereocenters. The van der Waals surface area contributed by atoms with E-state index in [-0.39, 0.29) is 6.09 Å². The van der Waals surface area contributed by atoms with E-state index in [9.17, 15) is 4.79 Å². The largest absolute Gasteiger partial charge is 0.444 e. The number of benzene rings is 1. The van der Waals surface area contributed by atoms with Gasteiger partial charge < -0.3 is 15.0 Å². The molecule has 2 aliphatic rings. The van der Waals surface area contributed by atoms with E-state index in [4.69, 9.17) is 16.3 Å². The Labute approximate surface area is 176 Å². The third-order valence-corrected chi connectivity index (χ3v) is 6.65. The van der Waals surface area contributed by atoms with Crippen LogP contribution >= 0.6 is 27.5 Å². The number of aryl methyl sites for hydroxylation is 1. The van der Waals surface area contributed by atoms with E-state index in [2.05, 4.69) is 27.3 Å². The Morgan fingerprint density at radius 1 is 1.33 bits per heavy atom. The first-order valence-electron chi connectivity index (χ1n) is 9.73. The van der Waals surface area contributed by atoms with Gasteiger partial charge in [-0.3, -0.25) is 0 Å². The molecule has 1 aliphatic heterocycles. The van der Waals surface area contributed by atoms with Crippen molar-refractivity contribution in [1.82, 2.24) is 10.2 Å². The van der Waals surface area contributed by atoms with Crippen molar-refractivity contribution in [3.8, 4) is 0 Å². The number of halogens is 2. The van der Waals surface area contributed by atoms with Gasteiger partial charge in [0.15, 0.2) is 0 Å². The number of amides is 1. The monoisotopic (exact) mass is 456 g/mol. The van der Waals surface area contributed by atoms with Gasteiger partial charge in [0.2, 0.25) is 0 Å². The Balaban J connectivity index is 1.45. The third-order valence-electron chi connectivity index (χ3n) is 5.60. The summed E-state index contributed by atoms with van der Waals surface area (Å²) < 4.78 is 6.54. The highest BCUT2D eigenvalue weighted by molar-refractivity contribution is 9.10. The quantitative estimate of drug-likeness (QED) is 0.635. The van der Waals surface area contributed by atoms with Crippen molar-refractivity contribution in [3.63, 3.8) is 0 Å². The van der Waals surface area contributed by atoms with Crippen LogP contribution < -0.4 is 5.32 Å². The van der Waals surface area contributed by atoms with Crippen LogP contribution in [0.3, 0.4) is 0 Å². The minimum absolute atomic E-state index is 0.174. The summed E-state index contributed by atoms with van der Waals surface area (Å²) in [6, 6.07) is 4.63. The average molecular weight is 458 g/mol. The summed E-state index contributed by atoms with van der Waals surface area (Å²) in [4.78, 5) is 14.0. The number of likely N-dealkylation sites (tertiary alicyclic amines) is 1. The molecule has 27 heavy (non-hydrogen) atoms. The third kappa shape index (κ3) is 5.18. The standard InChI is InChI=1S/C21H30BrClN2O2/c1-14-9-17(22)16(18(23)10-14)11-24-15-5-7-21(8-6-15)12-25(13-21)19(26)27-20(2,3)4/h9-10,15,24H,5-8,11-13H2,1-4H3. The molecule has 1 heterocycles. The van der Waals surface area contributed by atoms with Crippen molar-refractivity contribution in [2.75, 3.05) is 13.1 Å². The highest BCUT2D eigenvalue weighted by Gasteiger charge is 2.47. The lowest BCUT2D eigenvalue weighted by Gasteiger charge is -2.53. The van der Waals surface area contributed by atoms with Crippen LogP contribution in [0.2, 0.25) is 5.02 Å². The molecule has 1 saturated carbocycles. The van der Waals surface area contributed by atoms with Gasteiger partial charge in [-0.1, -0.05) is 27.5 Å². The number of ether oxygens (including phenoxy) is 1. The van der Waals surface area contributed by atoms with E-state index in [0.29, 0.717) is 11.5 Å². The molecule has 3 rings (SSSR count). The van der Waals surface area contributed by atoms with Crippen LogP contribution in [-0.4, -0.2) is 35.7 Å². The molecule has 150 valence electrons. The van der Waals surface area contributed by atoms with Gasteiger partial charge in [-0.2, -0.15) is 0 Å². The molecule has 1 aliphatic carbocycles. The highest BCUT2D eigenvalue weighted by Crippen LogP contribution is 2.44. The Hall–Kier alpha value is -0.780. The Bertz CT molecular complexity index is 678. The zero-order valence-electron chi connectivity index (χ0n) is 16.7. The molecule has 0 bridgehead atoms. The molecular weight excluding hydrogens is 428 g/mol. The van der Waals surface area contributed by atoms with Gasteiger partial charge in [-0.05, 0) is 76.6 Å². The normalized spacial score (nSPS) is 19.9. The van der Waals surface area contributed by atoms with E-state index in [1.54, 1.807) is 0 Å². The fourth-order valence-corrected chi connectivity index (χ4v) is 5.28. The summed E-state index contributed by atoms with van der Waals surface area (Å²) in [5.74, 6) is 0. The smallest absolute Gasteiger partial charge is 0.410 e. The van der Waals surface area contributed by atoms with E-state index < -0.39 is 5.60 Å². The van der Waals surface area contributed by atoms with Gasteiger partial charge >= 0.3 is 6.09 Å². The summed E-state index contributed by atoms with van der Waals surface area (Å²) in [6.07, 6.45) is 4.43. The first kappa shape index (κ1) is 20.9. The van der Waals surface area contributed by atoms with Crippen molar-refractivity contribution < 1.29 is 9.53 Å². The summed E-state index contributed by atoms with van der Waals surface area (Å²) in [6.45, 7) is 10.2. The number of hydrogen-bond acceptors (Lipinski definition) is 3. The number of rotatable bonds is 3. The van der Waals surface area contributed by atoms with Gasteiger partial charge in [-0.15, -0.1) is 0 Å². The SMILES string of the molecule is Cc1cc(Cl)c(CNC2CCC3(CC2)CN(C(=O)OC(C)(C)C)C3)c(Br)c1. The summed E-state index contributed by atoms with van der Waals surface area (Å²) in [5, 5.41) is 4.48. The summed E-state index contributed by atoms with van der Waals surface area (Å²) in [7, 11) is 0. The number of hydrogen-bond donors (Lipinski definition) is 1. The van der Waals surface area contributed by atoms with E-state index >= 15 is 0 Å². The average Bonchev–Trinajstić information content (AvgIpc) is 2.50. The number of nitrogens with zero attached hydrogens (tertiary/aromatic N) is 1. The Morgan fingerprint density at radius 3 is 2.52 bits per heavy atom. The van der Waals surface area contributed by atoms with Crippen molar-refractivity contribution in [1.29, 1.82) is 0 Å². The first-order chi connectivity index (χ1) is 12.6.